The maximum atomic E-state index is 10.8. The predicted molar refractivity (Wildman–Crippen MR) is 63.6 cm³/mol. The number of hydrogen-bond donors (Lipinski definition) is 1. The minimum Gasteiger partial charge on any atom is -0.466 e. The van der Waals surface area contributed by atoms with Crippen molar-refractivity contribution in [3.05, 3.63) is 5.82 Å². The van der Waals surface area contributed by atoms with E-state index in [-0.39, 0.29) is 11.9 Å². The SMILES string of the molecule is CC1(C)OCC(COc2nc(C(=O)S)ns2)O1. The minimum absolute atomic E-state index is 0.0530. The number of nitrogens with zero attached hydrogens (tertiary/aromatic N) is 2. The van der Waals surface area contributed by atoms with Crippen LogP contribution in [0.5, 0.6) is 5.19 Å². The second-order valence-corrected chi connectivity index (χ2v) is 5.07. The van der Waals surface area contributed by atoms with Crippen LogP contribution < -0.4 is 4.74 Å². The van der Waals surface area contributed by atoms with Gasteiger partial charge < -0.3 is 14.2 Å². The molecule has 1 aromatic rings. The second kappa shape index (κ2) is 4.89. The molecule has 0 N–H and O–H groups in total. The molecule has 0 radical (unpaired) electrons. The Morgan fingerprint density at radius 3 is 3.00 bits per heavy atom. The van der Waals surface area contributed by atoms with Gasteiger partial charge in [-0.25, -0.2) is 0 Å². The number of thiol groups is 1. The molecule has 1 aliphatic heterocycles. The van der Waals surface area contributed by atoms with Crippen LogP contribution in [0.1, 0.15) is 24.5 Å². The van der Waals surface area contributed by atoms with Crippen molar-refractivity contribution in [3.63, 3.8) is 0 Å². The summed E-state index contributed by atoms with van der Waals surface area (Å²) in [6.45, 7) is 4.48. The maximum Gasteiger partial charge on any atom is 0.293 e. The summed E-state index contributed by atoms with van der Waals surface area (Å²) < 4.78 is 20.1. The molecule has 1 atom stereocenters. The number of ether oxygens (including phenoxy) is 3. The average molecular weight is 276 g/mol. The van der Waals surface area contributed by atoms with Gasteiger partial charge in [0.15, 0.2) is 5.79 Å². The molecule has 0 bridgehead atoms. The van der Waals surface area contributed by atoms with Crippen molar-refractivity contribution in [2.45, 2.75) is 25.7 Å². The van der Waals surface area contributed by atoms with Crippen LogP contribution in [0.4, 0.5) is 0 Å². The Morgan fingerprint density at radius 2 is 2.47 bits per heavy atom. The average Bonchev–Trinajstić information content (AvgIpc) is 2.81. The van der Waals surface area contributed by atoms with Gasteiger partial charge in [0.1, 0.15) is 12.7 Å². The first-order valence-corrected chi connectivity index (χ1v) is 6.20. The number of aromatic nitrogens is 2. The summed E-state index contributed by atoms with van der Waals surface area (Å²) in [5, 5.41) is -0.145. The first kappa shape index (κ1) is 12.7. The van der Waals surface area contributed by atoms with Crippen LogP contribution in [0.15, 0.2) is 0 Å². The van der Waals surface area contributed by atoms with Crippen molar-refractivity contribution in [1.82, 2.24) is 9.36 Å². The molecule has 1 saturated heterocycles. The Labute approximate surface area is 108 Å². The summed E-state index contributed by atoms with van der Waals surface area (Å²) >= 11 is 4.63. The summed E-state index contributed by atoms with van der Waals surface area (Å²) in [5.41, 5.74) is 0. The zero-order chi connectivity index (χ0) is 12.5. The Hall–Kier alpha value is -0.700. The zero-order valence-electron chi connectivity index (χ0n) is 9.37. The molecule has 0 aromatic carbocycles. The molecule has 8 heteroatoms. The fourth-order valence-corrected chi connectivity index (χ4v) is 2.07. The number of carbonyl (C=O) groups is 1. The van der Waals surface area contributed by atoms with Crippen molar-refractivity contribution in [3.8, 4) is 5.19 Å². The molecule has 1 fully saturated rings. The first-order chi connectivity index (χ1) is 7.96. The van der Waals surface area contributed by atoms with E-state index in [9.17, 15) is 4.79 Å². The van der Waals surface area contributed by atoms with Crippen molar-refractivity contribution in [1.29, 1.82) is 0 Å². The quantitative estimate of drug-likeness (QED) is 0.832. The second-order valence-electron chi connectivity index (χ2n) is 3.95. The lowest BCUT2D eigenvalue weighted by atomic mass is 10.4. The van der Waals surface area contributed by atoms with Crippen molar-refractivity contribution in [2.24, 2.45) is 0 Å². The van der Waals surface area contributed by atoms with E-state index in [2.05, 4.69) is 22.0 Å². The van der Waals surface area contributed by atoms with Crippen molar-refractivity contribution < 1.29 is 19.0 Å². The number of hydrogen-bond acceptors (Lipinski definition) is 7. The highest BCUT2D eigenvalue weighted by Crippen LogP contribution is 2.23. The Morgan fingerprint density at radius 1 is 1.71 bits per heavy atom. The van der Waals surface area contributed by atoms with Gasteiger partial charge in [-0.2, -0.15) is 9.36 Å². The molecule has 94 valence electrons. The minimum atomic E-state index is -0.568. The molecular weight excluding hydrogens is 264 g/mol. The molecule has 6 nitrogen and oxygen atoms in total. The maximum absolute atomic E-state index is 10.8. The lowest BCUT2D eigenvalue weighted by Crippen LogP contribution is -2.25. The molecule has 2 heterocycles. The fraction of sp³-hybridized carbons (Fsp3) is 0.667. The standard InChI is InChI=1S/C9H12N2O4S2/c1-9(2)14-4-5(15-9)3-13-8-10-6(7(12)16)11-17-8/h5H,3-4H2,1-2H3,(H,12,16). The van der Waals surface area contributed by atoms with Gasteiger partial charge in [0.2, 0.25) is 5.82 Å². The Balaban J connectivity index is 1.84. The van der Waals surface area contributed by atoms with Crippen LogP contribution in [0.2, 0.25) is 0 Å². The van der Waals surface area contributed by atoms with E-state index in [1.54, 1.807) is 0 Å². The van der Waals surface area contributed by atoms with E-state index in [0.717, 1.165) is 11.5 Å². The molecular formula is C9H12N2O4S2. The molecule has 1 aromatic heterocycles. The van der Waals surface area contributed by atoms with E-state index in [1.165, 1.54) is 0 Å². The lowest BCUT2D eigenvalue weighted by molar-refractivity contribution is -0.141. The van der Waals surface area contributed by atoms with E-state index in [1.807, 2.05) is 13.8 Å². The summed E-state index contributed by atoms with van der Waals surface area (Å²) in [5.74, 6) is -0.515. The monoisotopic (exact) mass is 276 g/mol. The van der Waals surface area contributed by atoms with E-state index in [0.29, 0.717) is 18.4 Å². The summed E-state index contributed by atoms with van der Waals surface area (Å²) in [7, 11) is 0. The van der Waals surface area contributed by atoms with Gasteiger partial charge in [-0.3, -0.25) is 4.79 Å². The highest BCUT2D eigenvalue weighted by atomic mass is 32.1. The largest absolute Gasteiger partial charge is 0.466 e. The van der Waals surface area contributed by atoms with Crippen LogP contribution >= 0.6 is 24.2 Å². The fourth-order valence-electron chi connectivity index (χ4n) is 1.36. The third kappa shape index (κ3) is 3.38. The van der Waals surface area contributed by atoms with Gasteiger partial charge in [0, 0.05) is 11.5 Å². The van der Waals surface area contributed by atoms with Gasteiger partial charge in [0.05, 0.1) is 6.61 Å². The Kier molecular flexibility index (Phi) is 3.67. The van der Waals surface area contributed by atoms with Gasteiger partial charge in [-0.05, 0) is 13.8 Å². The molecule has 0 aliphatic carbocycles. The molecule has 1 aliphatic rings. The number of carbonyl (C=O) groups excluding carboxylic acids is 1. The van der Waals surface area contributed by atoms with Crippen LogP contribution in [0.25, 0.3) is 0 Å². The highest BCUT2D eigenvalue weighted by Gasteiger charge is 2.33. The summed E-state index contributed by atoms with van der Waals surface area (Å²) in [6.07, 6.45) is -0.135. The highest BCUT2D eigenvalue weighted by molar-refractivity contribution is 7.97. The van der Waals surface area contributed by atoms with Crippen LogP contribution in [0, 0.1) is 0 Å². The van der Waals surface area contributed by atoms with Crippen LogP contribution in [-0.2, 0) is 9.47 Å². The van der Waals surface area contributed by atoms with Gasteiger partial charge in [0.25, 0.3) is 10.3 Å². The molecule has 0 saturated carbocycles. The molecule has 1 unspecified atom stereocenters. The third-order valence-electron chi connectivity index (χ3n) is 2.06. The van der Waals surface area contributed by atoms with E-state index in [4.69, 9.17) is 14.2 Å². The number of rotatable bonds is 4. The van der Waals surface area contributed by atoms with Crippen LogP contribution in [0.3, 0.4) is 0 Å². The first-order valence-electron chi connectivity index (χ1n) is 4.98. The normalized spacial score (nSPS) is 22.6. The van der Waals surface area contributed by atoms with Gasteiger partial charge in [-0.1, -0.05) is 12.6 Å². The zero-order valence-corrected chi connectivity index (χ0v) is 11.1. The Bertz CT molecular complexity index is 421. The van der Waals surface area contributed by atoms with Gasteiger partial charge in [-0.15, -0.1) is 0 Å². The van der Waals surface area contributed by atoms with E-state index >= 15 is 0 Å². The lowest BCUT2D eigenvalue weighted by Gasteiger charge is -2.16. The topological polar surface area (TPSA) is 70.5 Å². The summed E-state index contributed by atoms with van der Waals surface area (Å²) in [6, 6.07) is 0. The van der Waals surface area contributed by atoms with E-state index < -0.39 is 10.9 Å². The molecule has 2 rings (SSSR count). The van der Waals surface area contributed by atoms with Gasteiger partial charge >= 0.3 is 0 Å². The molecule has 17 heavy (non-hydrogen) atoms. The summed E-state index contributed by atoms with van der Waals surface area (Å²) in [4.78, 5) is 14.7. The van der Waals surface area contributed by atoms with Crippen molar-refractivity contribution in [2.75, 3.05) is 13.2 Å². The van der Waals surface area contributed by atoms with Crippen LogP contribution in [-0.4, -0.2) is 39.6 Å². The predicted octanol–water partition coefficient (Wildman–Crippen LogP) is 1.14. The molecule has 0 amide bonds. The van der Waals surface area contributed by atoms with Crippen molar-refractivity contribution >= 4 is 29.3 Å². The third-order valence-corrected chi connectivity index (χ3v) is 2.89. The smallest absolute Gasteiger partial charge is 0.293 e. The molecule has 0 spiro atoms.